The molecule has 1 aromatic heterocycles. The van der Waals surface area contributed by atoms with Crippen molar-refractivity contribution in [2.24, 2.45) is 5.92 Å². The summed E-state index contributed by atoms with van der Waals surface area (Å²) in [5.41, 5.74) is -0.167. The molecule has 1 aromatic rings. The summed E-state index contributed by atoms with van der Waals surface area (Å²) >= 11 is 0. The Morgan fingerprint density at radius 2 is 2.24 bits per heavy atom. The van der Waals surface area contributed by atoms with Gasteiger partial charge in [-0.2, -0.15) is 4.98 Å². The second-order valence-corrected chi connectivity index (χ2v) is 4.87. The Kier molecular flexibility index (Phi) is 3.28. The van der Waals surface area contributed by atoms with E-state index < -0.39 is 5.67 Å². The smallest absolute Gasteiger partial charge is 0.316 e. The van der Waals surface area contributed by atoms with E-state index in [0.717, 1.165) is 5.69 Å². The lowest BCUT2D eigenvalue weighted by molar-refractivity contribution is -0.0694. The molecule has 0 aromatic carbocycles. The number of aromatic nitrogens is 2. The fraction of sp³-hybridized carbons (Fsp3) is 0.667. The van der Waals surface area contributed by atoms with Crippen molar-refractivity contribution in [1.29, 1.82) is 0 Å². The monoisotopic (exact) mass is 239 g/mol. The fourth-order valence-corrected chi connectivity index (χ4v) is 1.97. The number of rotatable bonds is 4. The lowest BCUT2D eigenvalue weighted by atomic mass is 9.85. The second kappa shape index (κ2) is 4.56. The molecular weight excluding hydrogens is 221 g/mol. The van der Waals surface area contributed by atoms with E-state index in [1.807, 2.05) is 24.8 Å². The molecule has 4 nitrogen and oxygen atoms in total. The highest BCUT2D eigenvalue weighted by Crippen LogP contribution is 2.33. The molecule has 0 unspecified atom stereocenters. The molecule has 0 aliphatic carbocycles. The average Bonchev–Trinajstić information content (AvgIpc) is 2.27. The molecule has 2 rings (SSSR count). The van der Waals surface area contributed by atoms with Gasteiger partial charge in [0.2, 0.25) is 0 Å². The predicted octanol–water partition coefficient (Wildman–Crippen LogP) is 1.67. The molecular formula is C12H18FN3O. The third-order valence-electron chi connectivity index (χ3n) is 3.27. The van der Waals surface area contributed by atoms with E-state index in [-0.39, 0.29) is 5.92 Å². The van der Waals surface area contributed by atoms with Crippen LogP contribution in [0.1, 0.15) is 19.5 Å². The van der Waals surface area contributed by atoms with Crippen molar-refractivity contribution in [3.05, 3.63) is 18.0 Å². The molecule has 1 aliphatic heterocycles. The summed E-state index contributed by atoms with van der Waals surface area (Å²) in [7, 11) is 1.54. The standard InChI is InChI=1S/C12H18FN3O/c1-9(2)12(13)7-16(8-12)6-10-4-5-14-11(15-10)17-3/h4-5,9H,6-8H2,1-3H3. The topological polar surface area (TPSA) is 38.2 Å². The molecule has 0 spiro atoms. The number of hydrogen-bond acceptors (Lipinski definition) is 4. The van der Waals surface area contributed by atoms with Gasteiger partial charge in [-0.3, -0.25) is 4.90 Å². The number of alkyl halides is 1. The molecule has 94 valence electrons. The lowest BCUT2D eigenvalue weighted by Crippen LogP contribution is -2.61. The van der Waals surface area contributed by atoms with E-state index in [1.165, 1.54) is 7.11 Å². The molecule has 0 N–H and O–H groups in total. The normalized spacial score (nSPS) is 19.1. The highest BCUT2D eigenvalue weighted by molar-refractivity contribution is 5.08. The highest BCUT2D eigenvalue weighted by atomic mass is 19.1. The Hall–Kier alpha value is -1.23. The molecule has 17 heavy (non-hydrogen) atoms. The quantitative estimate of drug-likeness (QED) is 0.801. The van der Waals surface area contributed by atoms with Gasteiger partial charge in [-0.25, -0.2) is 9.37 Å². The SMILES string of the molecule is COc1nccc(CN2CC(F)(C(C)C)C2)n1. The van der Waals surface area contributed by atoms with E-state index in [9.17, 15) is 4.39 Å². The van der Waals surface area contributed by atoms with Crippen molar-refractivity contribution < 1.29 is 9.13 Å². The Balaban J connectivity index is 1.91. The van der Waals surface area contributed by atoms with Crippen LogP contribution in [0.4, 0.5) is 4.39 Å². The van der Waals surface area contributed by atoms with Crippen LogP contribution in [0.2, 0.25) is 0 Å². The van der Waals surface area contributed by atoms with Crippen LogP contribution in [0.25, 0.3) is 0 Å². The first-order valence-electron chi connectivity index (χ1n) is 5.81. The van der Waals surface area contributed by atoms with Gasteiger partial charge in [0, 0.05) is 25.8 Å². The maximum atomic E-state index is 14.0. The maximum absolute atomic E-state index is 14.0. The van der Waals surface area contributed by atoms with E-state index in [1.54, 1.807) is 6.20 Å². The van der Waals surface area contributed by atoms with Crippen molar-refractivity contribution in [1.82, 2.24) is 14.9 Å². The van der Waals surface area contributed by atoms with Crippen molar-refractivity contribution >= 4 is 0 Å². The maximum Gasteiger partial charge on any atom is 0.316 e. The van der Waals surface area contributed by atoms with Gasteiger partial charge in [0.05, 0.1) is 12.8 Å². The van der Waals surface area contributed by atoms with E-state index in [2.05, 4.69) is 9.97 Å². The minimum Gasteiger partial charge on any atom is -0.467 e. The Morgan fingerprint density at radius 3 is 2.82 bits per heavy atom. The summed E-state index contributed by atoms with van der Waals surface area (Å²) in [5, 5.41) is 0. The van der Waals surface area contributed by atoms with E-state index >= 15 is 0 Å². The molecule has 0 atom stereocenters. The van der Waals surface area contributed by atoms with Gasteiger partial charge < -0.3 is 4.74 Å². The van der Waals surface area contributed by atoms with E-state index in [0.29, 0.717) is 25.6 Å². The van der Waals surface area contributed by atoms with Crippen molar-refractivity contribution in [2.45, 2.75) is 26.1 Å². The molecule has 2 heterocycles. The van der Waals surface area contributed by atoms with Crippen LogP contribution in [0.5, 0.6) is 6.01 Å². The zero-order chi connectivity index (χ0) is 12.5. The van der Waals surface area contributed by atoms with Crippen molar-refractivity contribution in [2.75, 3.05) is 20.2 Å². The minimum absolute atomic E-state index is 0.0682. The van der Waals surface area contributed by atoms with Gasteiger partial charge in [0.25, 0.3) is 0 Å². The van der Waals surface area contributed by atoms with Crippen LogP contribution in [-0.4, -0.2) is 40.7 Å². The number of likely N-dealkylation sites (tertiary alicyclic amines) is 1. The van der Waals surface area contributed by atoms with Gasteiger partial charge in [-0.05, 0) is 12.0 Å². The van der Waals surface area contributed by atoms with Crippen molar-refractivity contribution in [3.63, 3.8) is 0 Å². The predicted molar refractivity (Wildman–Crippen MR) is 62.5 cm³/mol. The summed E-state index contributed by atoms with van der Waals surface area (Å²) in [6, 6.07) is 2.19. The first-order valence-corrected chi connectivity index (χ1v) is 5.81. The Labute approximate surface area is 101 Å². The number of hydrogen-bond donors (Lipinski definition) is 0. The van der Waals surface area contributed by atoms with Crippen molar-refractivity contribution in [3.8, 4) is 6.01 Å². The zero-order valence-electron chi connectivity index (χ0n) is 10.5. The van der Waals surface area contributed by atoms with Crippen LogP contribution in [0.15, 0.2) is 12.3 Å². The van der Waals surface area contributed by atoms with E-state index in [4.69, 9.17) is 4.74 Å². The zero-order valence-corrected chi connectivity index (χ0v) is 10.5. The molecule has 1 fully saturated rings. The van der Waals surface area contributed by atoms with Gasteiger partial charge >= 0.3 is 6.01 Å². The summed E-state index contributed by atoms with van der Waals surface area (Å²) in [6.45, 7) is 5.46. The molecule has 5 heteroatoms. The molecule has 0 saturated carbocycles. The summed E-state index contributed by atoms with van der Waals surface area (Å²) < 4.78 is 19.0. The summed E-state index contributed by atoms with van der Waals surface area (Å²) in [4.78, 5) is 10.2. The average molecular weight is 239 g/mol. The van der Waals surface area contributed by atoms with Gasteiger partial charge in [0.1, 0.15) is 5.67 Å². The van der Waals surface area contributed by atoms with Gasteiger partial charge in [-0.15, -0.1) is 0 Å². The molecule has 0 amide bonds. The lowest BCUT2D eigenvalue weighted by Gasteiger charge is -2.46. The van der Waals surface area contributed by atoms with Crippen LogP contribution in [0, 0.1) is 5.92 Å². The van der Waals surface area contributed by atoms with Crippen LogP contribution in [-0.2, 0) is 6.54 Å². The highest BCUT2D eigenvalue weighted by Gasteiger charge is 2.45. The third kappa shape index (κ3) is 2.54. The largest absolute Gasteiger partial charge is 0.467 e. The Bertz CT molecular complexity index is 391. The van der Waals surface area contributed by atoms with Gasteiger partial charge in [-0.1, -0.05) is 13.8 Å². The first-order chi connectivity index (χ1) is 8.03. The minimum atomic E-state index is -1.03. The molecule has 0 bridgehead atoms. The first kappa shape index (κ1) is 12.2. The van der Waals surface area contributed by atoms with Gasteiger partial charge in [0.15, 0.2) is 0 Å². The van der Waals surface area contributed by atoms with Crippen LogP contribution >= 0.6 is 0 Å². The molecule has 1 saturated heterocycles. The second-order valence-electron chi connectivity index (χ2n) is 4.87. The van der Waals surface area contributed by atoms with Crippen LogP contribution < -0.4 is 4.74 Å². The molecule has 0 radical (unpaired) electrons. The summed E-state index contributed by atoms with van der Waals surface area (Å²) in [5.74, 6) is 0.0682. The number of methoxy groups -OCH3 is 1. The third-order valence-corrected chi connectivity index (χ3v) is 3.27. The summed E-state index contributed by atoms with van der Waals surface area (Å²) in [6.07, 6.45) is 1.66. The molecule has 1 aliphatic rings. The van der Waals surface area contributed by atoms with Crippen LogP contribution in [0.3, 0.4) is 0 Å². The number of ether oxygens (including phenoxy) is 1. The number of halogens is 1. The Morgan fingerprint density at radius 1 is 1.53 bits per heavy atom. The number of nitrogens with zero attached hydrogens (tertiary/aromatic N) is 3. The fourth-order valence-electron chi connectivity index (χ4n) is 1.97.